The lowest BCUT2D eigenvalue weighted by molar-refractivity contribution is -0.0436. The van der Waals surface area contributed by atoms with Gasteiger partial charge >= 0.3 is 11.2 Å². The standard InChI is InChI=1S/C24H18ClF3N4O5S/c1-14-22(34)32(18-6-8-19(9-7-18)38(36,37)24(26,27)28)23(35)31(14)13-15-10-11-29-20(12-15)30-21(33)16-2-4-17(25)5-3-16/h2-12,34H,13H2,1H3,(H,29,30,33). The predicted octanol–water partition coefficient (Wildman–Crippen LogP) is 4.30. The number of anilines is 1. The Hall–Kier alpha value is -4.10. The van der Waals surface area contributed by atoms with Crippen molar-refractivity contribution in [2.75, 3.05) is 5.32 Å². The molecule has 4 aromatic rings. The molecule has 4 rings (SSSR count). The number of halogens is 4. The van der Waals surface area contributed by atoms with E-state index in [9.17, 15) is 36.3 Å². The van der Waals surface area contributed by atoms with Crippen LogP contribution in [0, 0.1) is 6.92 Å². The first-order valence-corrected chi connectivity index (χ1v) is 12.6. The minimum atomic E-state index is -5.57. The molecule has 2 heterocycles. The fourth-order valence-corrected chi connectivity index (χ4v) is 4.47. The molecule has 0 atom stereocenters. The first-order valence-electron chi connectivity index (χ1n) is 10.7. The van der Waals surface area contributed by atoms with E-state index < -0.39 is 37.7 Å². The lowest BCUT2D eigenvalue weighted by Gasteiger charge is -2.09. The molecule has 0 aliphatic rings. The zero-order valence-electron chi connectivity index (χ0n) is 19.4. The van der Waals surface area contributed by atoms with E-state index in [0.29, 0.717) is 28.3 Å². The minimum Gasteiger partial charge on any atom is -0.493 e. The SMILES string of the molecule is Cc1c(O)n(-c2ccc(S(=O)(=O)C(F)(F)F)cc2)c(=O)n1Cc1ccnc(NC(=O)c2ccc(Cl)cc2)c1. The zero-order chi connectivity index (χ0) is 27.8. The molecule has 0 spiro atoms. The van der Waals surface area contributed by atoms with Crippen molar-refractivity contribution in [2.45, 2.75) is 23.9 Å². The van der Waals surface area contributed by atoms with E-state index in [0.717, 1.165) is 16.7 Å². The fraction of sp³-hybridized carbons (Fsp3) is 0.125. The smallest absolute Gasteiger partial charge is 0.493 e. The van der Waals surface area contributed by atoms with Crippen LogP contribution < -0.4 is 11.0 Å². The first-order chi connectivity index (χ1) is 17.8. The minimum absolute atomic E-state index is 0.0406. The van der Waals surface area contributed by atoms with Crippen LogP contribution in [0.1, 0.15) is 21.6 Å². The summed E-state index contributed by atoms with van der Waals surface area (Å²) >= 11 is 5.84. The third kappa shape index (κ3) is 5.15. The van der Waals surface area contributed by atoms with Gasteiger partial charge in [0, 0.05) is 16.8 Å². The third-order valence-electron chi connectivity index (χ3n) is 5.59. The average Bonchev–Trinajstić information content (AvgIpc) is 3.07. The van der Waals surface area contributed by atoms with Gasteiger partial charge in [0.15, 0.2) is 0 Å². The van der Waals surface area contributed by atoms with E-state index in [1.807, 2.05) is 0 Å². The van der Waals surface area contributed by atoms with E-state index >= 15 is 0 Å². The molecule has 14 heteroatoms. The van der Waals surface area contributed by atoms with Crippen molar-refractivity contribution in [2.24, 2.45) is 0 Å². The first kappa shape index (κ1) is 26.9. The summed E-state index contributed by atoms with van der Waals surface area (Å²) in [5, 5.41) is 13.7. The summed E-state index contributed by atoms with van der Waals surface area (Å²) < 4.78 is 63.7. The molecule has 0 saturated heterocycles. The molecule has 0 aliphatic carbocycles. The van der Waals surface area contributed by atoms with Crippen molar-refractivity contribution < 1.29 is 31.5 Å². The van der Waals surface area contributed by atoms with Crippen molar-refractivity contribution in [3.63, 3.8) is 0 Å². The Morgan fingerprint density at radius 3 is 2.32 bits per heavy atom. The molecule has 2 N–H and O–H groups in total. The summed E-state index contributed by atoms with van der Waals surface area (Å²) in [4.78, 5) is 28.7. The molecule has 2 aromatic heterocycles. The zero-order valence-corrected chi connectivity index (χ0v) is 21.0. The third-order valence-corrected chi connectivity index (χ3v) is 7.34. The van der Waals surface area contributed by atoms with E-state index in [4.69, 9.17) is 11.6 Å². The Bertz CT molecular complexity index is 1680. The number of sulfone groups is 1. The van der Waals surface area contributed by atoms with Crippen LogP contribution in [-0.4, -0.2) is 39.1 Å². The van der Waals surface area contributed by atoms with Crippen molar-refractivity contribution in [3.05, 3.63) is 99.2 Å². The fourth-order valence-electron chi connectivity index (χ4n) is 3.58. The summed E-state index contributed by atoms with van der Waals surface area (Å²) in [5.41, 5.74) is -5.21. The lowest BCUT2D eigenvalue weighted by Crippen LogP contribution is -2.25. The number of nitrogens with one attached hydrogen (secondary N) is 1. The van der Waals surface area contributed by atoms with Gasteiger partial charge in [0.1, 0.15) is 5.82 Å². The number of hydrogen-bond donors (Lipinski definition) is 2. The van der Waals surface area contributed by atoms with Crippen molar-refractivity contribution in [1.82, 2.24) is 14.1 Å². The van der Waals surface area contributed by atoms with Gasteiger partial charge in [0.25, 0.3) is 15.7 Å². The summed E-state index contributed by atoms with van der Waals surface area (Å²) in [7, 11) is -5.57. The maximum atomic E-state index is 13.1. The molecule has 0 bridgehead atoms. The van der Waals surface area contributed by atoms with E-state index in [2.05, 4.69) is 10.3 Å². The van der Waals surface area contributed by atoms with Gasteiger partial charge in [-0.1, -0.05) is 11.6 Å². The quantitative estimate of drug-likeness (QED) is 0.359. The second kappa shape index (κ2) is 9.99. The molecule has 0 saturated carbocycles. The monoisotopic (exact) mass is 566 g/mol. The topological polar surface area (TPSA) is 123 Å². The Balaban J connectivity index is 1.60. The number of aromatic nitrogens is 3. The lowest BCUT2D eigenvalue weighted by atomic mass is 10.2. The Labute approximate surface area is 218 Å². The molecule has 2 aromatic carbocycles. The molecule has 38 heavy (non-hydrogen) atoms. The highest BCUT2D eigenvalue weighted by Gasteiger charge is 2.46. The molecular weight excluding hydrogens is 549 g/mol. The highest BCUT2D eigenvalue weighted by Crippen LogP contribution is 2.31. The molecule has 0 aliphatic heterocycles. The van der Waals surface area contributed by atoms with Gasteiger partial charge in [-0.15, -0.1) is 0 Å². The maximum Gasteiger partial charge on any atom is 0.501 e. The molecule has 0 unspecified atom stereocenters. The number of hydrogen-bond acceptors (Lipinski definition) is 6. The van der Waals surface area contributed by atoms with Crippen LogP contribution in [0.5, 0.6) is 5.88 Å². The molecule has 9 nitrogen and oxygen atoms in total. The number of nitrogens with zero attached hydrogens (tertiary/aromatic N) is 3. The van der Waals surface area contributed by atoms with Gasteiger partial charge < -0.3 is 10.4 Å². The van der Waals surface area contributed by atoms with Gasteiger partial charge in [0.05, 0.1) is 22.8 Å². The van der Waals surface area contributed by atoms with Crippen LogP contribution in [0.25, 0.3) is 5.69 Å². The highest BCUT2D eigenvalue weighted by atomic mass is 35.5. The molecule has 0 fully saturated rings. The van der Waals surface area contributed by atoms with E-state index in [1.165, 1.54) is 23.8 Å². The summed E-state index contributed by atoms with van der Waals surface area (Å²) in [5.74, 6) is -0.704. The van der Waals surface area contributed by atoms with Crippen LogP contribution in [0.15, 0.2) is 76.6 Å². The number of pyridine rings is 1. The van der Waals surface area contributed by atoms with Gasteiger partial charge in [0.2, 0.25) is 5.88 Å². The number of rotatable bonds is 6. The van der Waals surface area contributed by atoms with Crippen molar-refractivity contribution >= 4 is 33.2 Å². The second-order valence-corrected chi connectivity index (χ2v) is 10.4. The van der Waals surface area contributed by atoms with Crippen LogP contribution in [0.4, 0.5) is 19.0 Å². The number of benzene rings is 2. The van der Waals surface area contributed by atoms with Gasteiger partial charge in [-0.2, -0.15) is 13.2 Å². The summed E-state index contributed by atoms with van der Waals surface area (Å²) in [6.45, 7) is 1.41. The van der Waals surface area contributed by atoms with Crippen molar-refractivity contribution in [1.29, 1.82) is 0 Å². The number of alkyl halides is 3. The van der Waals surface area contributed by atoms with Crippen LogP contribution in [0.2, 0.25) is 5.02 Å². The van der Waals surface area contributed by atoms with E-state index in [-0.39, 0.29) is 23.7 Å². The molecule has 198 valence electrons. The van der Waals surface area contributed by atoms with Crippen LogP contribution in [-0.2, 0) is 16.4 Å². The predicted molar refractivity (Wildman–Crippen MR) is 132 cm³/mol. The Morgan fingerprint density at radius 2 is 1.71 bits per heavy atom. The number of imidazole rings is 1. The molecular formula is C24H18ClF3N4O5S. The average molecular weight is 567 g/mol. The van der Waals surface area contributed by atoms with Gasteiger partial charge in [-0.05, 0) is 73.2 Å². The van der Waals surface area contributed by atoms with Crippen LogP contribution >= 0.6 is 11.6 Å². The van der Waals surface area contributed by atoms with Gasteiger partial charge in [-0.3, -0.25) is 9.36 Å². The summed E-state index contributed by atoms with van der Waals surface area (Å²) in [6, 6.07) is 12.7. The second-order valence-electron chi connectivity index (χ2n) is 8.07. The Morgan fingerprint density at radius 1 is 1.08 bits per heavy atom. The van der Waals surface area contributed by atoms with Gasteiger partial charge in [-0.25, -0.2) is 22.8 Å². The number of amides is 1. The molecule has 1 amide bonds. The van der Waals surface area contributed by atoms with Crippen LogP contribution in [0.3, 0.4) is 0 Å². The number of carbonyl (C=O) groups excluding carboxylic acids is 1. The number of carbonyl (C=O) groups is 1. The van der Waals surface area contributed by atoms with Crippen molar-refractivity contribution in [3.8, 4) is 11.6 Å². The normalized spacial score (nSPS) is 11.9. The van der Waals surface area contributed by atoms with E-state index in [1.54, 1.807) is 30.3 Å². The Kier molecular flexibility index (Phi) is 7.08. The highest BCUT2D eigenvalue weighted by molar-refractivity contribution is 7.92. The maximum absolute atomic E-state index is 13.1. The summed E-state index contributed by atoms with van der Waals surface area (Å²) in [6.07, 6.45) is 1.42. The largest absolute Gasteiger partial charge is 0.501 e. The number of aromatic hydroxyl groups is 1. The molecule has 0 radical (unpaired) electrons.